The lowest BCUT2D eigenvalue weighted by Crippen LogP contribution is -2.29. The number of halogens is 1. The number of rotatable bonds is 5. The van der Waals surface area contributed by atoms with Gasteiger partial charge in [0.2, 0.25) is 0 Å². The summed E-state index contributed by atoms with van der Waals surface area (Å²) >= 11 is 6.18. The van der Waals surface area contributed by atoms with Gasteiger partial charge < -0.3 is 9.84 Å². The summed E-state index contributed by atoms with van der Waals surface area (Å²) in [6, 6.07) is 18.9. The summed E-state index contributed by atoms with van der Waals surface area (Å²) in [5.74, 6) is -1.08. The molecule has 1 atom stereocenters. The fraction of sp³-hybridized carbons (Fsp3) is 0.240. The van der Waals surface area contributed by atoms with Crippen LogP contribution in [0.5, 0.6) is 0 Å². The SMILES string of the molecule is Cc1nc2cc(-c3cccc(Cl)c3)nn2c(-c2ccccc2)c1C(OC(C)(C)C)C(=O)O. The zero-order chi connectivity index (χ0) is 23.0. The maximum atomic E-state index is 12.3. The lowest BCUT2D eigenvalue weighted by Gasteiger charge is -2.27. The number of aromatic nitrogens is 3. The Bertz CT molecular complexity index is 1290. The van der Waals surface area contributed by atoms with Gasteiger partial charge in [0.1, 0.15) is 0 Å². The molecule has 32 heavy (non-hydrogen) atoms. The molecule has 0 fully saturated rings. The van der Waals surface area contributed by atoms with E-state index in [2.05, 4.69) is 4.98 Å². The number of carboxylic acid groups (broad SMARTS) is 1. The zero-order valence-electron chi connectivity index (χ0n) is 18.3. The molecule has 0 spiro atoms. The number of nitrogens with zero attached hydrogens (tertiary/aromatic N) is 3. The number of hydrogen-bond donors (Lipinski definition) is 1. The Labute approximate surface area is 191 Å². The van der Waals surface area contributed by atoms with Crippen molar-refractivity contribution < 1.29 is 14.6 Å². The molecule has 0 bridgehead atoms. The molecule has 0 amide bonds. The standard InChI is InChI=1S/C25H24ClN3O3/c1-15-21(23(24(30)31)32-25(2,3)4)22(16-9-6-5-7-10-16)29-20(27-15)14-19(28-29)17-11-8-12-18(26)13-17/h5-14,23H,1-4H3,(H,30,31). The fourth-order valence-electron chi connectivity index (χ4n) is 3.70. The van der Waals surface area contributed by atoms with Crippen LogP contribution in [0.3, 0.4) is 0 Å². The number of aryl methyl sites for hydroxylation is 1. The van der Waals surface area contributed by atoms with Gasteiger partial charge >= 0.3 is 5.97 Å². The van der Waals surface area contributed by atoms with Gasteiger partial charge in [-0.25, -0.2) is 14.3 Å². The first-order chi connectivity index (χ1) is 15.1. The highest BCUT2D eigenvalue weighted by Crippen LogP contribution is 2.36. The summed E-state index contributed by atoms with van der Waals surface area (Å²) in [6.07, 6.45) is -1.21. The van der Waals surface area contributed by atoms with Crippen molar-refractivity contribution in [3.8, 4) is 22.5 Å². The lowest BCUT2D eigenvalue weighted by molar-refractivity contribution is -0.160. The quantitative estimate of drug-likeness (QED) is 0.406. The predicted molar refractivity (Wildman–Crippen MR) is 125 cm³/mol. The predicted octanol–water partition coefficient (Wildman–Crippen LogP) is 5.97. The van der Waals surface area contributed by atoms with E-state index in [0.717, 1.165) is 11.1 Å². The molecular weight excluding hydrogens is 426 g/mol. The molecular formula is C25H24ClN3O3. The second kappa shape index (κ2) is 8.37. The molecule has 7 heteroatoms. The molecule has 4 aromatic rings. The van der Waals surface area contributed by atoms with E-state index in [1.807, 2.05) is 75.4 Å². The lowest BCUT2D eigenvalue weighted by atomic mass is 9.99. The first-order valence-corrected chi connectivity index (χ1v) is 10.6. The second-order valence-corrected chi connectivity index (χ2v) is 9.02. The molecule has 4 rings (SSSR count). The average molecular weight is 450 g/mol. The van der Waals surface area contributed by atoms with Crippen molar-refractivity contribution in [3.63, 3.8) is 0 Å². The highest BCUT2D eigenvalue weighted by Gasteiger charge is 2.33. The van der Waals surface area contributed by atoms with Gasteiger partial charge in [-0.05, 0) is 39.8 Å². The normalized spacial score (nSPS) is 12.8. The van der Waals surface area contributed by atoms with Gasteiger partial charge in [-0.1, -0.05) is 54.1 Å². The van der Waals surface area contributed by atoms with Crippen LogP contribution in [0.2, 0.25) is 5.02 Å². The maximum absolute atomic E-state index is 12.3. The number of aliphatic carboxylic acids is 1. The van der Waals surface area contributed by atoms with Crippen LogP contribution in [0.15, 0.2) is 60.7 Å². The molecule has 1 unspecified atom stereocenters. The Hall–Kier alpha value is -3.22. The van der Waals surface area contributed by atoms with E-state index in [1.54, 1.807) is 17.5 Å². The van der Waals surface area contributed by atoms with E-state index >= 15 is 0 Å². The maximum Gasteiger partial charge on any atom is 0.337 e. The van der Waals surface area contributed by atoms with Crippen LogP contribution >= 0.6 is 11.6 Å². The molecule has 0 aliphatic rings. The minimum Gasteiger partial charge on any atom is -0.479 e. The van der Waals surface area contributed by atoms with E-state index in [1.165, 1.54) is 0 Å². The third-order valence-corrected chi connectivity index (χ3v) is 5.19. The summed E-state index contributed by atoms with van der Waals surface area (Å²) in [6.45, 7) is 7.29. The van der Waals surface area contributed by atoms with Gasteiger partial charge in [0.25, 0.3) is 0 Å². The summed E-state index contributed by atoms with van der Waals surface area (Å²) in [5.41, 5.74) is 3.99. The molecule has 2 aromatic carbocycles. The second-order valence-electron chi connectivity index (χ2n) is 8.58. The van der Waals surface area contributed by atoms with Gasteiger partial charge in [-0.15, -0.1) is 0 Å². The van der Waals surface area contributed by atoms with E-state index in [9.17, 15) is 9.90 Å². The van der Waals surface area contributed by atoms with Crippen molar-refractivity contribution in [2.24, 2.45) is 0 Å². The third kappa shape index (κ3) is 4.38. The Morgan fingerprint density at radius 2 is 1.75 bits per heavy atom. The van der Waals surface area contributed by atoms with Crippen molar-refractivity contribution in [2.75, 3.05) is 0 Å². The zero-order valence-corrected chi connectivity index (χ0v) is 19.1. The topological polar surface area (TPSA) is 76.7 Å². The van der Waals surface area contributed by atoms with Crippen LogP contribution in [0.1, 0.15) is 38.1 Å². The van der Waals surface area contributed by atoms with Crippen LogP contribution in [-0.2, 0) is 9.53 Å². The average Bonchev–Trinajstić information content (AvgIpc) is 3.14. The molecule has 0 aliphatic carbocycles. The van der Waals surface area contributed by atoms with Crippen molar-refractivity contribution in [3.05, 3.63) is 76.9 Å². The minimum atomic E-state index is -1.21. The number of carboxylic acids is 1. The summed E-state index contributed by atoms with van der Waals surface area (Å²) < 4.78 is 7.68. The van der Waals surface area contributed by atoms with Crippen molar-refractivity contribution in [1.29, 1.82) is 0 Å². The molecule has 164 valence electrons. The molecule has 1 N–H and O–H groups in total. The molecule has 2 heterocycles. The number of hydrogen-bond acceptors (Lipinski definition) is 4. The summed E-state index contributed by atoms with van der Waals surface area (Å²) in [5, 5.41) is 15.5. The van der Waals surface area contributed by atoms with Gasteiger partial charge in [0.15, 0.2) is 11.8 Å². The van der Waals surface area contributed by atoms with Crippen LogP contribution in [0.25, 0.3) is 28.2 Å². The van der Waals surface area contributed by atoms with Crippen molar-refractivity contribution in [2.45, 2.75) is 39.4 Å². The Morgan fingerprint density at radius 3 is 2.38 bits per heavy atom. The smallest absolute Gasteiger partial charge is 0.337 e. The van der Waals surface area contributed by atoms with E-state index in [0.29, 0.717) is 33.3 Å². The van der Waals surface area contributed by atoms with Gasteiger partial charge in [0, 0.05) is 33.5 Å². The van der Waals surface area contributed by atoms with E-state index < -0.39 is 17.7 Å². The van der Waals surface area contributed by atoms with Crippen LogP contribution in [0, 0.1) is 6.92 Å². The minimum absolute atomic E-state index is 0.479. The van der Waals surface area contributed by atoms with Gasteiger partial charge in [0.05, 0.1) is 17.0 Å². The van der Waals surface area contributed by atoms with Crippen LogP contribution < -0.4 is 0 Å². The Kier molecular flexibility index (Phi) is 5.75. The monoisotopic (exact) mass is 449 g/mol. The van der Waals surface area contributed by atoms with Crippen molar-refractivity contribution in [1.82, 2.24) is 14.6 Å². The van der Waals surface area contributed by atoms with Crippen LogP contribution in [0.4, 0.5) is 0 Å². The number of benzene rings is 2. The van der Waals surface area contributed by atoms with Crippen molar-refractivity contribution >= 4 is 23.2 Å². The van der Waals surface area contributed by atoms with Gasteiger partial charge in [-0.2, -0.15) is 5.10 Å². The first kappa shape index (κ1) is 22.0. The van der Waals surface area contributed by atoms with Crippen LogP contribution in [-0.4, -0.2) is 31.3 Å². The highest BCUT2D eigenvalue weighted by atomic mass is 35.5. The molecule has 0 saturated heterocycles. The summed E-state index contributed by atoms with van der Waals surface area (Å²) in [4.78, 5) is 17.0. The van der Waals surface area contributed by atoms with E-state index in [-0.39, 0.29) is 0 Å². The summed E-state index contributed by atoms with van der Waals surface area (Å²) in [7, 11) is 0. The largest absolute Gasteiger partial charge is 0.479 e. The molecule has 2 aromatic heterocycles. The molecule has 0 radical (unpaired) electrons. The molecule has 0 aliphatic heterocycles. The fourth-order valence-corrected chi connectivity index (χ4v) is 3.89. The Balaban J connectivity index is 2.03. The highest BCUT2D eigenvalue weighted by molar-refractivity contribution is 6.30. The van der Waals surface area contributed by atoms with E-state index in [4.69, 9.17) is 21.4 Å². The first-order valence-electron chi connectivity index (χ1n) is 10.3. The van der Waals surface area contributed by atoms with Gasteiger partial charge in [-0.3, -0.25) is 0 Å². The number of fused-ring (bicyclic) bond motifs is 1. The number of ether oxygens (including phenoxy) is 1. The number of carbonyl (C=O) groups is 1. The third-order valence-electron chi connectivity index (χ3n) is 4.96. The molecule has 0 saturated carbocycles. The Morgan fingerprint density at radius 1 is 1.06 bits per heavy atom. The molecule has 6 nitrogen and oxygen atoms in total.